The molecule has 3 aromatic carbocycles. The highest BCUT2D eigenvalue weighted by atomic mass is 79.9. The fourth-order valence-corrected chi connectivity index (χ4v) is 3.79. The summed E-state index contributed by atoms with van der Waals surface area (Å²) in [6.45, 7) is 0. The molecule has 24 heavy (non-hydrogen) atoms. The van der Waals surface area contributed by atoms with Gasteiger partial charge in [0.15, 0.2) is 0 Å². The molecule has 0 saturated heterocycles. The van der Waals surface area contributed by atoms with Crippen LogP contribution in [0.5, 0.6) is 0 Å². The first-order valence-electron chi connectivity index (χ1n) is 8.11. The zero-order chi connectivity index (χ0) is 16.7. The fourth-order valence-electron chi connectivity index (χ4n) is 3.39. The molecule has 0 aliphatic heterocycles. The van der Waals surface area contributed by atoms with E-state index in [1.165, 1.54) is 24.0 Å². The lowest BCUT2D eigenvalue weighted by molar-refractivity contribution is 0.686. The Labute approximate surface area is 148 Å². The molecule has 0 aromatic heterocycles. The van der Waals surface area contributed by atoms with Gasteiger partial charge < -0.3 is 5.32 Å². The molecule has 0 fully saturated rings. The van der Waals surface area contributed by atoms with E-state index in [9.17, 15) is 9.59 Å². The third kappa shape index (κ3) is 2.61. The van der Waals surface area contributed by atoms with Gasteiger partial charge in [-0.1, -0.05) is 40.2 Å². The van der Waals surface area contributed by atoms with E-state index < -0.39 is 10.9 Å². The molecule has 0 amide bonds. The summed E-state index contributed by atoms with van der Waals surface area (Å²) in [4.78, 5) is 24.2. The lowest BCUT2D eigenvalue weighted by Gasteiger charge is -2.18. The summed E-state index contributed by atoms with van der Waals surface area (Å²) in [7, 11) is 0. The summed E-state index contributed by atoms with van der Waals surface area (Å²) in [5, 5.41) is 3.11. The smallest absolute Gasteiger partial charge is 0.250 e. The van der Waals surface area contributed by atoms with E-state index in [1.807, 2.05) is 30.3 Å². The second kappa shape index (κ2) is 6.02. The van der Waals surface area contributed by atoms with E-state index in [-0.39, 0.29) is 0 Å². The van der Waals surface area contributed by atoms with E-state index in [2.05, 4.69) is 33.4 Å². The van der Waals surface area contributed by atoms with Crippen molar-refractivity contribution in [1.29, 1.82) is 0 Å². The van der Waals surface area contributed by atoms with Crippen molar-refractivity contribution in [1.82, 2.24) is 0 Å². The molecular formula is C20H16BrNO2. The van der Waals surface area contributed by atoms with Crippen LogP contribution in [0.1, 0.15) is 24.0 Å². The van der Waals surface area contributed by atoms with Crippen LogP contribution < -0.4 is 16.2 Å². The van der Waals surface area contributed by atoms with Gasteiger partial charge in [0.25, 0.3) is 5.43 Å². The Balaban J connectivity index is 1.73. The fraction of sp³-hybridized carbons (Fsp3) is 0.200. The maximum absolute atomic E-state index is 12.1. The van der Waals surface area contributed by atoms with Crippen LogP contribution in [0, 0.1) is 0 Å². The highest BCUT2D eigenvalue weighted by Crippen LogP contribution is 2.31. The van der Waals surface area contributed by atoms with Gasteiger partial charge in [0.05, 0.1) is 5.56 Å². The van der Waals surface area contributed by atoms with Crippen LogP contribution in [-0.4, -0.2) is 0 Å². The van der Waals surface area contributed by atoms with Gasteiger partial charge in [0.1, 0.15) is 5.69 Å². The molecule has 0 bridgehead atoms. The molecule has 1 N–H and O–H groups in total. The van der Waals surface area contributed by atoms with Crippen LogP contribution in [0.4, 0.5) is 11.4 Å². The largest absolute Gasteiger partial charge is 0.352 e. The Hall–Kier alpha value is -2.20. The first kappa shape index (κ1) is 15.3. The summed E-state index contributed by atoms with van der Waals surface area (Å²) >= 11 is 3.41. The minimum atomic E-state index is -0.442. The Bertz CT molecular complexity index is 999. The van der Waals surface area contributed by atoms with Crippen LogP contribution in [-0.2, 0) is 12.8 Å². The number of fused-ring (bicyclic) bond motifs is 1. The first-order valence-corrected chi connectivity index (χ1v) is 8.91. The number of anilines is 2. The summed E-state index contributed by atoms with van der Waals surface area (Å²) < 4.78 is 0.918. The summed E-state index contributed by atoms with van der Waals surface area (Å²) in [6.07, 6.45) is 4.56. The monoisotopic (exact) mass is 381 g/mol. The third-order valence-electron chi connectivity index (χ3n) is 4.64. The van der Waals surface area contributed by atoms with Crippen molar-refractivity contribution in [3.63, 3.8) is 0 Å². The number of hydrogen-bond donors (Lipinski definition) is 1. The molecule has 4 rings (SSSR count). The second-order valence-corrected chi connectivity index (χ2v) is 7.15. The molecule has 0 atom stereocenters. The van der Waals surface area contributed by atoms with E-state index in [0.717, 1.165) is 28.6 Å². The number of hydrogen-bond acceptors (Lipinski definition) is 3. The minimum Gasteiger partial charge on any atom is -0.352 e. The lowest BCUT2D eigenvalue weighted by atomic mass is 9.88. The van der Waals surface area contributed by atoms with Gasteiger partial charge >= 0.3 is 0 Å². The second-order valence-electron chi connectivity index (χ2n) is 6.23. The van der Waals surface area contributed by atoms with E-state index in [1.54, 1.807) is 0 Å². The van der Waals surface area contributed by atoms with Gasteiger partial charge in [0.2, 0.25) is 5.43 Å². The van der Waals surface area contributed by atoms with E-state index >= 15 is 0 Å². The van der Waals surface area contributed by atoms with Gasteiger partial charge in [-0.15, -0.1) is 0 Å². The van der Waals surface area contributed by atoms with Crippen molar-refractivity contribution in [3.8, 4) is 11.1 Å². The summed E-state index contributed by atoms with van der Waals surface area (Å²) in [6, 6.07) is 13.7. The Morgan fingerprint density at radius 3 is 2.46 bits per heavy atom. The molecular weight excluding hydrogens is 366 g/mol. The van der Waals surface area contributed by atoms with Crippen LogP contribution in [0.2, 0.25) is 0 Å². The zero-order valence-corrected chi connectivity index (χ0v) is 14.7. The van der Waals surface area contributed by atoms with Crippen LogP contribution in [0.15, 0.2) is 56.5 Å². The maximum atomic E-state index is 12.1. The third-order valence-corrected chi connectivity index (χ3v) is 5.13. The van der Waals surface area contributed by atoms with Crippen LogP contribution in [0.3, 0.4) is 0 Å². The van der Waals surface area contributed by atoms with Crippen molar-refractivity contribution >= 4 is 27.3 Å². The van der Waals surface area contributed by atoms with Crippen molar-refractivity contribution in [2.24, 2.45) is 0 Å². The molecule has 3 aromatic rings. The number of nitrogens with one attached hydrogen (secondary N) is 1. The van der Waals surface area contributed by atoms with Gasteiger partial charge in [-0.3, -0.25) is 9.59 Å². The molecule has 1 aliphatic rings. The van der Waals surface area contributed by atoms with Crippen molar-refractivity contribution in [2.75, 3.05) is 5.32 Å². The molecule has 0 spiro atoms. The molecule has 0 radical (unpaired) electrons. The molecule has 0 unspecified atom stereocenters. The molecule has 0 heterocycles. The predicted octanol–water partition coefficient (Wildman–Crippen LogP) is 4.33. The molecule has 0 saturated carbocycles. The Kier molecular flexibility index (Phi) is 3.85. The number of halogens is 1. The average Bonchev–Trinajstić information content (AvgIpc) is 2.61. The molecule has 3 nitrogen and oxygen atoms in total. The maximum Gasteiger partial charge on any atom is 0.250 e. The summed E-state index contributed by atoms with van der Waals surface area (Å²) in [5.74, 6) is 0. The number of benzene rings is 2. The number of aryl methyl sites for hydroxylation is 2. The quantitative estimate of drug-likeness (QED) is 0.686. The van der Waals surface area contributed by atoms with Gasteiger partial charge in [-0.25, -0.2) is 0 Å². The van der Waals surface area contributed by atoms with E-state index in [4.69, 9.17) is 0 Å². The summed E-state index contributed by atoms with van der Waals surface area (Å²) in [5.41, 5.74) is 4.37. The minimum absolute atomic E-state index is 0.397. The highest BCUT2D eigenvalue weighted by molar-refractivity contribution is 9.10. The lowest BCUT2D eigenvalue weighted by Crippen LogP contribution is -2.35. The van der Waals surface area contributed by atoms with Crippen molar-refractivity contribution < 1.29 is 0 Å². The van der Waals surface area contributed by atoms with Crippen LogP contribution >= 0.6 is 15.9 Å². The highest BCUT2D eigenvalue weighted by Gasteiger charge is 2.23. The topological polar surface area (TPSA) is 46.2 Å². The normalized spacial score (nSPS) is 13.7. The van der Waals surface area contributed by atoms with Crippen molar-refractivity contribution in [2.45, 2.75) is 25.7 Å². The Morgan fingerprint density at radius 1 is 0.875 bits per heavy atom. The van der Waals surface area contributed by atoms with Gasteiger partial charge in [-0.05, 0) is 60.6 Å². The van der Waals surface area contributed by atoms with E-state index in [0.29, 0.717) is 11.3 Å². The van der Waals surface area contributed by atoms with Crippen LogP contribution in [0.25, 0.3) is 11.1 Å². The predicted molar refractivity (Wildman–Crippen MR) is 101 cm³/mol. The SMILES string of the molecule is O=c1c(Nc2cccc(Br)c2)c(-c2ccc3c(c2)CCCC3)c1=O. The zero-order valence-electron chi connectivity index (χ0n) is 13.1. The molecule has 1 aliphatic carbocycles. The molecule has 4 heteroatoms. The number of rotatable bonds is 3. The van der Waals surface area contributed by atoms with Crippen molar-refractivity contribution in [3.05, 3.63) is 78.5 Å². The Morgan fingerprint density at radius 2 is 1.67 bits per heavy atom. The molecule has 120 valence electrons. The standard InChI is InChI=1S/C20H16BrNO2/c21-15-6-3-7-16(11-15)22-18-17(19(23)20(18)24)14-9-8-12-4-1-2-5-13(12)10-14/h3,6-11,22H,1-2,4-5H2. The van der Waals surface area contributed by atoms with Gasteiger partial charge in [0, 0.05) is 10.2 Å². The first-order chi connectivity index (χ1) is 11.6. The van der Waals surface area contributed by atoms with Gasteiger partial charge in [-0.2, -0.15) is 0 Å². The average molecular weight is 382 g/mol.